The Morgan fingerprint density at radius 2 is 2.14 bits per heavy atom. The maximum absolute atomic E-state index is 9.20. The van der Waals surface area contributed by atoms with Crippen LogP contribution in [0.5, 0.6) is 0 Å². The molecule has 2 heteroatoms. The van der Waals surface area contributed by atoms with Gasteiger partial charge in [0.05, 0.1) is 11.5 Å². The van der Waals surface area contributed by atoms with E-state index in [1.54, 1.807) is 0 Å². The van der Waals surface area contributed by atoms with Gasteiger partial charge in [-0.05, 0) is 37.3 Å². The topological polar surface area (TPSA) is 23.8 Å². The van der Waals surface area contributed by atoms with Crippen molar-refractivity contribution in [2.75, 3.05) is 0 Å². The molecule has 1 aromatic rings. The fourth-order valence-electron chi connectivity index (χ4n) is 1.99. The van der Waals surface area contributed by atoms with Gasteiger partial charge in [-0.2, -0.15) is 5.26 Å². The lowest BCUT2D eigenvalue weighted by Crippen LogP contribution is -2.32. The third-order valence-electron chi connectivity index (χ3n) is 3.13. The first-order chi connectivity index (χ1) is 6.69. The molecule has 0 amide bonds. The van der Waals surface area contributed by atoms with Crippen LogP contribution in [-0.4, -0.2) is 0 Å². The lowest BCUT2D eigenvalue weighted by molar-refractivity contribution is 0.324. The first kappa shape index (κ1) is 9.55. The second-order valence-electron chi connectivity index (χ2n) is 3.98. The molecular weight excluding hydrogens is 194 g/mol. The van der Waals surface area contributed by atoms with Crippen molar-refractivity contribution < 1.29 is 0 Å². The molecule has 2 rings (SSSR count). The van der Waals surface area contributed by atoms with Crippen LogP contribution in [0.25, 0.3) is 0 Å². The summed E-state index contributed by atoms with van der Waals surface area (Å²) in [5.41, 5.74) is 1.79. The molecule has 0 aromatic heterocycles. The minimum atomic E-state index is -0.289. The van der Waals surface area contributed by atoms with E-state index in [1.165, 1.54) is 0 Å². The van der Waals surface area contributed by atoms with Crippen LogP contribution in [0.15, 0.2) is 18.2 Å². The molecule has 0 unspecified atom stereocenters. The number of nitriles is 1. The molecule has 0 bridgehead atoms. The number of hydrogen-bond acceptors (Lipinski definition) is 1. The average molecular weight is 206 g/mol. The Balaban J connectivity index is 2.51. The quantitative estimate of drug-likeness (QED) is 0.688. The van der Waals surface area contributed by atoms with Crippen LogP contribution >= 0.6 is 11.6 Å². The van der Waals surface area contributed by atoms with Gasteiger partial charge in [0, 0.05) is 5.02 Å². The predicted molar refractivity (Wildman–Crippen MR) is 57.3 cm³/mol. The molecule has 1 aliphatic rings. The monoisotopic (exact) mass is 205 g/mol. The van der Waals surface area contributed by atoms with E-state index in [1.807, 2.05) is 25.1 Å². The van der Waals surface area contributed by atoms with E-state index in [9.17, 15) is 5.26 Å². The molecule has 1 aliphatic carbocycles. The fraction of sp³-hybridized carbons (Fsp3) is 0.417. The van der Waals surface area contributed by atoms with Crippen LogP contribution in [0.1, 0.15) is 30.4 Å². The SMILES string of the molecule is Cc1cccc(C2(C#N)CCC2)c1Cl. The average Bonchev–Trinajstić information content (AvgIpc) is 2.11. The van der Waals surface area contributed by atoms with Crippen molar-refractivity contribution in [3.63, 3.8) is 0 Å². The van der Waals surface area contributed by atoms with Gasteiger partial charge >= 0.3 is 0 Å². The number of aryl methyl sites for hydroxylation is 1. The number of nitrogens with zero attached hydrogens (tertiary/aromatic N) is 1. The third kappa shape index (κ3) is 1.22. The van der Waals surface area contributed by atoms with E-state index in [2.05, 4.69) is 6.07 Å². The summed E-state index contributed by atoms with van der Waals surface area (Å²) in [5, 5.41) is 9.97. The number of hydrogen-bond donors (Lipinski definition) is 0. The molecule has 0 aliphatic heterocycles. The van der Waals surface area contributed by atoms with Crippen LogP contribution in [0.3, 0.4) is 0 Å². The Morgan fingerprint density at radius 3 is 2.64 bits per heavy atom. The highest BCUT2D eigenvalue weighted by molar-refractivity contribution is 6.32. The fourth-order valence-corrected chi connectivity index (χ4v) is 2.30. The van der Waals surface area contributed by atoms with E-state index in [4.69, 9.17) is 11.6 Å². The molecule has 1 fully saturated rings. The molecule has 0 saturated heterocycles. The van der Waals surface area contributed by atoms with Gasteiger partial charge in [-0.25, -0.2) is 0 Å². The Labute approximate surface area is 89.3 Å². The van der Waals surface area contributed by atoms with Crippen LogP contribution in [0.4, 0.5) is 0 Å². The van der Waals surface area contributed by atoms with Crippen molar-refractivity contribution in [3.05, 3.63) is 34.3 Å². The summed E-state index contributed by atoms with van der Waals surface area (Å²) in [6, 6.07) is 8.36. The normalized spacial score (nSPS) is 18.4. The maximum atomic E-state index is 9.20. The summed E-state index contributed by atoms with van der Waals surface area (Å²) in [4.78, 5) is 0. The van der Waals surface area contributed by atoms with E-state index < -0.39 is 0 Å². The van der Waals surface area contributed by atoms with Gasteiger partial charge in [-0.1, -0.05) is 29.8 Å². The molecular formula is C12H12ClN. The van der Waals surface area contributed by atoms with Gasteiger partial charge in [0.2, 0.25) is 0 Å². The molecule has 0 N–H and O–H groups in total. The zero-order chi connectivity index (χ0) is 10.2. The zero-order valence-electron chi connectivity index (χ0n) is 8.18. The molecule has 1 saturated carbocycles. The van der Waals surface area contributed by atoms with Crippen LogP contribution < -0.4 is 0 Å². The standard InChI is InChI=1S/C12H12ClN/c1-9-4-2-5-10(11(9)13)12(8-14)6-3-7-12/h2,4-5H,3,6-7H2,1H3. The second-order valence-corrected chi connectivity index (χ2v) is 4.36. The van der Waals surface area contributed by atoms with Gasteiger partial charge < -0.3 is 0 Å². The highest BCUT2D eigenvalue weighted by Gasteiger charge is 2.40. The molecule has 0 heterocycles. The van der Waals surface area contributed by atoms with Crippen molar-refractivity contribution in [3.8, 4) is 6.07 Å². The minimum absolute atomic E-state index is 0.289. The Hall–Kier alpha value is -1.00. The Kier molecular flexibility index (Phi) is 2.25. The molecule has 0 spiro atoms. The van der Waals surface area contributed by atoms with Crippen LogP contribution in [-0.2, 0) is 5.41 Å². The largest absolute Gasteiger partial charge is 0.197 e. The van der Waals surface area contributed by atoms with Crippen molar-refractivity contribution in [2.45, 2.75) is 31.6 Å². The van der Waals surface area contributed by atoms with Gasteiger partial charge in [0.1, 0.15) is 0 Å². The summed E-state index contributed by atoms with van der Waals surface area (Å²) in [5.74, 6) is 0. The summed E-state index contributed by atoms with van der Waals surface area (Å²) < 4.78 is 0. The molecule has 14 heavy (non-hydrogen) atoms. The lowest BCUT2D eigenvalue weighted by atomic mass is 9.65. The van der Waals surface area contributed by atoms with E-state index in [0.29, 0.717) is 0 Å². The van der Waals surface area contributed by atoms with Crippen molar-refractivity contribution in [2.24, 2.45) is 0 Å². The van der Waals surface area contributed by atoms with Crippen molar-refractivity contribution >= 4 is 11.6 Å². The van der Waals surface area contributed by atoms with Crippen LogP contribution in [0, 0.1) is 18.3 Å². The highest BCUT2D eigenvalue weighted by atomic mass is 35.5. The minimum Gasteiger partial charge on any atom is -0.197 e. The first-order valence-electron chi connectivity index (χ1n) is 4.86. The van der Waals surface area contributed by atoms with E-state index in [0.717, 1.165) is 35.4 Å². The van der Waals surface area contributed by atoms with Crippen LogP contribution in [0.2, 0.25) is 5.02 Å². The summed E-state index contributed by atoms with van der Waals surface area (Å²) in [6.45, 7) is 1.98. The molecule has 0 atom stereocenters. The third-order valence-corrected chi connectivity index (χ3v) is 3.63. The molecule has 0 radical (unpaired) electrons. The van der Waals surface area contributed by atoms with Gasteiger partial charge in [0.15, 0.2) is 0 Å². The molecule has 1 nitrogen and oxygen atoms in total. The number of benzene rings is 1. The number of rotatable bonds is 1. The summed E-state index contributed by atoms with van der Waals surface area (Å²) in [6.07, 6.45) is 3.04. The summed E-state index contributed by atoms with van der Waals surface area (Å²) >= 11 is 6.22. The predicted octanol–water partition coefficient (Wildman–Crippen LogP) is 3.59. The van der Waals surface area contributed by atoms with Gasteiger partial charge in [-0.15, -0.1) is 0 Å². The first-order valence-corrected chi connectivity index (χ1v) is 5.24. The van der Waals surface area contributed by atoms with Gasteiger partial charge in [-0.3, -0.25) is 0 Å². The Morgan fingerprint density at radius 1 is 1.43 bits per heavy atom. The Bertz CT molecular complexity index is 399. The molecule has 72 valence electrons. The summed E-state index contributed by atoms with van der Waals surface area (Å²) in [7, 11) is 0. The van der Waals surface area contributed by atoms with Crippen molar-refractivity contribution in [1.82, 2.24) is 0 Å². The lowest BCUT2D eigenvalue weighted by Gasteiger charge is -2.36. The highest BCUT2D eigenvalue weighted by Crippen LogP contribution is 2.46. The van der Waals surface area contributed by atoms with E-state index in [-0.39, 0.29) is 5.41 Å². The van der Waals surface area contributed by atoms with Crippen molar-refractivity contribution in [1.29, 1.82) is 5.26 Å². The maximum Gasteiger partial charge on any atom is 0.0836 e. The van der Waals surface area contributed by atoms with E-state index >= 15 is 0 Å². The molecule has 1 aromatic carbocycles. The zero-order valence-corrected chi connectivity index (χ0v) is 8.93. The van der Waals surface area contributed by atoms with Gasteiger partial charge in [0.25, 0.3) is 0 Å². The smallest absolute Gasteiger partial charge is 0.0836 e. The number of halogens is 1. The second kappa shape index (κ2) is 3.29.